The van der Waals surface area contributed by atoms with E-state index in [9.17, 15) is 9.90 Å². The number of hydrogen-bond acceptors (Lipinski definition) is 4. The van der Waals surface area contributed by atoms with Crippen LogP contribution in [0.15, 0.2) is 6.20 Å². The summed E-state index contributed by atoms with van der Waals surface area (Å²) in [5.74, 6) is 0.716. The minimum absolute atomic E-state index is 0.0665. The summed E-state index contributed by atoms with van der Waals surface area (Å²) in [5, 5.41) is 14.1. The Hall–Kier alpha value is -1.40. The third-order valence-corrected chi connectivity index (χ3v) is 5.39. The van der Waals surface area contributed by atoms with Crippen molar-refractivity contribution in [1.29, 1.82) is 0 Å². The first-order valence-electron chi connectivity index (χ1n) is 9.27. The lowest BCUT2D eigenvalue weighted by atomic mass is 9.89. The van der Waals surface area contributed by atoms with Gasteiger partial charge in [-0.15, -0.1) is 0 Å². The van der Waals surface area contributed by atoms with Gasteiger partial charge in [-0.2, -0.15) is 5.10 Å². The summed E-state index contributed by atoms with van der Waals surface area (Å²) in [6.45, 7) is 9.70. The highest BCUT2D eigenvalue weighted by Gasteiger charge is 2.32. The Morgan fingerprint density at radius 2 is 2.00 bits per heavy atom. The number of carbonyl (C=O) groups excluding carboxylic acids is 1. The quantitative estimate of drug-likeness (QED) is 0.884. The first-order chi connectivity index (χ1) is 11.6. The zero-order valence-corrected chi connectivity index (χ0v) is 14.9. The second-order valence-corrected chi connectivity index (χ2v) is 7.35. The Morgan fingerprint density at radius 3 is 2.62 bits per heavy atom. The molecule has 0 bridgehead atoms. The van der Waals surface area contributed by atoms with E-state index in [1.54, 1.807) is 0 Å². The molecular formula is C18H30N4O2. The molecule has 134 valence electrons. The summed E-state index contributed by atoms with van der Waals surface area (Å²) in [6, 6.07) is 0. The maximum atomic E-state index is 13.0. The van der Waals surface area contributed by atoms with Gasteiger partial charge in [0.25, 0.3) is 5.91 Å². The molecule has 0 aliphatic carbocycles. The number of aryl methyl sites for hydroxylation is 2. The Kier molecular flexibility index (Phi) is 5.56. The topological polar surface area (TPSA) is 61.6 Å². The molecule has 3 rings (SSSR count). The van der Waals surface area contributed by atoms with Crippen LogP contribution in [-0.2, 0) is 6.54 Å². The zero-order valence-electron chi connectivity index (χ0n) is 14.9. The number of piperidine rings is 1. The summed E-state index contributed by atoms with van der Waals surface area (Å²) < 4.78 is 1.82. The summed E-state index contributed by atoms with van der Waals surface area (Å²) in [4.78, 5) is 17.4. The average molecular weight is 334 g/mol. The van der Waals surface area contributed by atoms with Crippen LogP contribution >= 0.6 is 0 Å². The van der Waals surface area contributed by atoms with Crippen LogP contribution in [0, 0.1) is 18.8 Å². The van der Waals surface area contributed by atoms with Gasteiger partial charge in [0, 0.05) is 39.0 Å². The lowest BCUT2D eigenvalue weighted by molar-refractivity contribution is 0.0465. The third-order valence-electron chi connectivity index (χ3n) is 5.39. The number of rotatable bonds is 5. The van der Waals surface area contributed by atoms with Gasteiger partial charge in [0.05, 0.1) is 11.3 Å². The molecule has 2 aliphatic rings. The van der Waals surface area contributed by atoms with E-state index in [4.69, 9.17) is 0 Å². The minimum atomic E-state index is 0.0665. The number of carbonyl (C=O) groups is 1. The summed E-state index contributed by atoms with van der Waals surface area (Å²) >= 11 is 0. The van der Waals surface area contributed by atoms with Crippen LogP contribution in [-0.4, -0.2) is 69.9 Å². The van der Waals surface area contributed by atoms with Gasteiger partial charge in [0.1, 0.15) is 0 Å². The van der Waals surface area contributed by atoms with Crippen molar-refractivity contribution in [3.8, 4) is 0 Å². The maximum Gasteiger partial charge on any atom is 0.257 e. The van der Waals surface area contributed by atoms with Gasteiger partial charge in [0.15, 0.2) is 0 Å². The van der Waals surface area contributed by atoms with Crippen LogP contribution in [0.4, 0.5) is 0 Å². The van der Waals surface area contributed by atoms with Crippen molar-refractivity contribution in [2.24, 2.45) is 11.8 Å². The normalized spacial score (nSPS) is 25.4. The highest BCUT2D eigenvalue weighted by atomic mass is 16.3. The van der Waals surface area contributed by atoms with E-state index in [0.29, 0.717) is 18.0 Å². The molecule has 2 aliphatic heterocycles. The number of aliphatic hydroxyl groups excluding tert-OH is 1. The van der Waals surface area contributed by atoms with Crippen molar-refractivity contribution in [2.75, 3.05) is 39.3 Å². The van der Waals surface area contributed by atoms with Gasteiger partial charge >= 0.3 is 0 Å². The minimum Gasteiger partial charge on any atom is -0.396 e. The van der Waals surface area contributed by atoms with Crippen LogP contribution in [0.25, 0.3) is 0 Å². The molecule has 6 nitrogen and oxygen atoms in total. The molecule has 0 radical (unpaired) electrons. The van der Waals surface area contributed by atoms with Gasteiger partial charge < -0.3 is 14.9 Å². The monoisotopic (exact) mass is 334 g/mol. The summed E-state index contributed by atoms with van der Waals surface area (Å²) in [6.07, 6.45) is 5.45. The van der Waals surface area contributed by atoms with Crippen molar-refractivity contribution in [3.63, 3.8) is 0 Å². The fraction of sp³-hybridized carbons (Fsp3) is 0.778. The number of hydrogen-bond donors (Lipinski definition) is 1. The molecular weight excluding hydrogens is 304 g/mol. The van der Waals surface area contributed by atoms with Gasteiger partial charge in [-0.25, -0.2) is 0 Å². The lowest BCUT2D eigenvalue weighted by Gasteiger charge is -2.38. The zero-order chi connectivity index (χ0) is 17.1. The molecule has 1 aromatic heterocycles. The Morgan fingerprint density at radius 1 is 1.29 bits per heavy atom. The molecule has 0 spiro atoms. The molecule has 2 atom stereocenters. The molecule has 1 N–H and O–H groups in total. The second-order valence-electron chi connectivity index (χ2n) is 7.35. The molecule has 24 heavy (non-hydrogen) atoms. The first kappa shape index (κ1) is 17.4. The SMILES string of the molecule is CCn1cc(C(=O)N2C[C@@H](CO)C[C@@H](CN3CCCC3)C2)c(C)n1. The number of aromatic nitrogens is 2. The van der Waals surface area contributed by atoms with Gasteiger partial charge in [-0.1, -0.05) is 0 Å². The molecule has 1 aromatic rings. The number of nitrogens with zero attached hydrogens (tertiary/aromatic N) is 4. The lowest BCUT2D eigenvalue weighted by Crippen LogP contribution is -2.47. The molecule has 6 heteroatoms. The van der Waals surface area contributed by atoms with E-state index < -0.39 is 0 Å². The van der Waals surface area contributed by atoms with Crippen LogP contribution in [0.5, 0.6) is 0 Å². The van der Waals surface area contributed by atoms with Crippen molar-refractivity contribution < 1.29 is 9.90 Å². The summed E-state index contributed by atoms with van der Waals surface area (Å²) in [5.41, 5.74) is 1.50. The van der Waals surface area contributed by atoms with Crippen molar-refractivity contribution >= 4 is 5.91 Å². The maximum absolute atomic E-state index is 13.0. The van der Waals surface area contributed by atoms with Crippen molar-refractivity contribution in [2.45, 2.75) is 39.7 Å². The standard InChI is InChI=1S/C18H30N4O2/c1-3-22-12-17(14(2)19-22)18(24)21-10-15(8-16(11-21)13-23)9-20-6-4-5-7-20/h12,15-16,23H,3-11,13H2,1-2H3/t15-,16-/m0/s1. The van der Waals surface area contributed by atoms with Gasteiger partial charge in [-0.3, -0.25) is 9.48 Å². The highest BCUT2D eigenvalue weighted by molar-refractivity contribution is 5.95. The number of amides is 1. The van der Waals surface area contributed by atoms with E-state index in [2.05, 4.69) is 10.00 Å². The van der Waals surface area contributed by atoms with Gasteiger partial charge in [-0.05, 0) is 58.0 Å². The summed E-state index contributed by atoms with van der Waals surface area (Å²) in [7, 11) is 0. The highest BCUT2D eigenvalue weighted by Crippen LogP contribution is 2.25. The first-order valence-corrected chi connectivity index (χ1v) is 9.27. The van der Waals surface area contributed by atoms with E-state index in [1.165, 1.54) is 25.9 Å². The third kappa shape index (κ3) is 3.81. The molecule has 2 fully saturated rings. The molecule has 0 unspecified atom stereocenters. The van der Waals surface area contributed by atoms with Gasteiger partial charge in [0.2, 0.25) is 0 Å². The molecule has 0 saturated carbocycles. The molecule has 3 heterocycles. The van der Waals surface area contributed by atoms with Crippen molar-refractivity contribution in [3.05, 3.63) is 17.5 Å². The van der Waals surface area contributed by atoms with Crippen LogP contribution in [0.2, 0.25) is 0 Å². The average Bonchev–Trinajstić information content (AvgIpc) is 3.23. The Balaban J connectivity index is 1.70. The van der Waals surface area contributed by atoms with Crippen molar-refractivity contribution in [1.82, 2.24) is 19.6 Å². The van der Waals surface area contributed by atoms with Crippen LogP contribution in [0.1, 0.15) is 42.2 Å². The van der Waals surface area contributed by atoms with E-state index >= 15 is 0 Å². The van der Waals surface area contributed by atoms with E-state index in [1.807, 2.05) is 29.6 Å². The largest absolute Gasteiger partial charge is 0.396 e. The fourth-order valence-electron chi connectivity index (χ4n) is 4.14. The molecule has 2 saturated heterocycles. The predicted octanol–water partition coefficient (Wildman–Crippen LogP) is 1.38. The number of aliphatic hydroxyl groups is 1. The van der Waals surface area contributed by atoms with Crippen LogP contribution in [0.3, 0.4) is 0 Å². The smallest absolute Gasteiger partial charge is 0.257 e. The Bertz CT molecular complexity index is 565. The molecule has 0 aromatic carbocycles. The Labute approximate surface area is 144 Å². The fourth-order valence-corrected chi connectivity index (χ4v) is 4.14. The number of likely N-dealkylation sites (tertiary alicyclic amines) is 2. The second kappa shape index (κ2) is 7.66. The predicted molar refractivity (Wildman–Crippen MR) is 92.9 cm³/mol. The molecule has 1 amide bonds. The van der Waals surface area contributed by atoms with Crippen LogP contribution < -0.4 is 0 Å². The van der Waals surface area contributed by atoms with E-state index in [0.717, 1.165) is 31.7 Å². The van der Waals surface area contributed by atoms with E-state index in [-0.39, 0.29) is 18.4 Å².